The molecule has 0 radical (unpaired) electrons. The number of nitrogens with zero attached hydrogens (tertiary/aromatic N) is 3. The number of carbonyl (C=O) groups excluding carboxylic acids is 1. The van der Waals surface area contributed by atoms with Gasteiger partial charge in [-0.15, -0.1) is 0 Å². The third-order valence-electron chi connectivity index (χ3n) is 4.96. The molecular weight excluding hydrogens is 357 g/mol. The van der Waals surface area contributed by atoms with Crippen LogP contribution in [0.2, 0.25) is 0 Å². The van der Waals surface area contributed by atoms with E-state index in [-0.39, 0.29) is 11.5 Å². The number of hydrogen-bond acceptors (Lipinski definition) is 4. The summed E-state index contributed by atoms with van der Waals surface area (Å²) in [7, 11) is 2.13. The van der Waals surface area contributed by atoms with Crippen LogP contribution in [0.4, 0.5) is 26.2 Å². The Morgan fingerprint density at radius 1 is 1.00 bits per heavy atom. The van der Waals surface area contributed by atoms with E-state index in [1.807, 2.05) is 24.3 Å². The van der Waals surface area contributed by atoms with Gasteiger partial charge in [-0.05, 0) is 43.4 Å². The molecule has 0 spiro atoms. The van der Waals surface area contributed by atoms with E-state index in [0.29, 0.717) is 16.8 Å². The van der Waals surface area contributed by atoms with Gasteiger partial charge in [-0.2, -0.15) is 0 Å². The number of para-hydroxylation sites is 1. The lowest BCUT2D eigenvalue weighted by Gasteiger charge is -2.34. The zero-order valence-corrected chi connectivity index (χ0v) is 15.7. The Balaban J connectivity index is 1.42. The summed E-state index contributed by atoms with van der Waals surface area (Å²) in [4.78, 5) is 21.1. The molecular formula is C21H22FN5O. The number of piperazine rings is 1. The zero-order valence-electron chi connectivity index (χ0n) is 15.7. The molecule has 2 heterocycles. The molecule has 1 fully saturated rings. The molecule has 0 unspecified atom stereocenters. The number of fused-ring (bicyclic) bond motifs is 1. The standard InChI is InChI=1S/C21H22FN5O/c1-26-11-13-27(14-12-26)16-7-5-15(6-8-16)24-21(28)25-19-9-10-23-20-17(19)3-2-4-18(20)22/h2-10H,11-14H2,1H3,(H2,23,24,25,28). The van der Waals surface area contributed by atoms with Crippen molar-refractivity contribution in [3.63, 3.8) is 0 Å². The van der Waals surface area contributed by atoms with E-state index >= 15 is 0 Å². The monoisotopic (exact) mass is 379 g/mol. The Morgan fingerprint density at radius 2 is 1.75 bits per heavy atom. The number of benzene rings is 2. The fourth-order valence-corrected chi connectivity index (χ4v) is 3.35. The number of halogens is 1. The number of anilines is 3. The van der Waals surface area contributed by atoms with E-state index in [1.165, 1.54) is 12.3 Å². The van der Waals surface area contributed by atoms with Gasteiger partial charge in [0.25, 0.3) is 0 Å². The lowest BCUT2D eigenvalue weighted by molar-refractivity contribution is 0.262. The van der Waals surface area contributed by atoms with Gasteiger partial charge in [-0.1, -0.05) is 12.1 Å². The lowest BCUT2D eigenvalue weighted by atomic mass is 10.2. The third kappa shape index (κ3) is 3.89. The summed E-state index contributed by atoms with van der Waals surface area (Å²) in [6, 6.07) is 13.7. The number of hydrogen-bond donors (Lipinski definition) is 2. The highest BCUT2D eigenvalue weighted by atomic mass is 19.1. The van der Waals surface area contributed by atoms with Gasteiger partial charge < -0.3 is 20.4 Å². The van der Waals surface area contributed by atoms with Crippen LogP contribution in [-0.2, 0) is 0 Å². The molecule has 0 saturated carbocycles. The summed E-state index contributed by atoms with van der Waals surface area (Å²) in [5.74, 6) is -0.416. The van der Waals surface area contributed by atoms with E-state index in [2.05, 4.69) is 32.5 Å². The quantitative estimate of drug-likeness (QED) is 0.727. The van der Waals surface area contributed by atoms with Crippen molar-refractivity contribution < 1.29 is 9.18 Å². The fourth-order valence-electron chi connectivity index (χ4n) is 3.35. The Hall–Kier alpha value is -3.19. The van der Waals surface area contributed by atoms with Crippen molar-refractivity contribution in [2.45, 2.75) is 0 Å². The van der Waals surface area contributed by atoms with Crippen molar-refractivity contribution in [2.24, 2.45) is 0 Å². The van der Waals surface area contributed by atoms with Crippen molar-refractivity contribution in [1.29, 1.82) is 0 Å². The largest absolute Gasteiger partial charge is 0.369 e. The topological polar surface area (TPSA) is 60.5 Å². The fraction of sp³-hybridized carbons (Fsp3) is 0.238. The predicted molar refractivity (Wildman–Crippen MR) is 110 cm³/mol. The smallest absolute Gasteiger partial charge is 0.323 e. The molecule has 3 aromatic rings. The maximum Gasteiger partial charge on any atom is 0.323 e. The number of likely N-dealkylation sites (N-methyl/N-ethyl adjacent to an activating group) is 1. The summed E-state index contributed by atoms with van der Waals surface area (Å²) in [5, 5.41) is 6.15. The molecule has 1 aromatic heterocycles. The molecule has 144 valence electrons. The maximum atomic E-state index is 13.9. The van der Waals surface area contributed by atoms with Crippen molar-refractivity contribution in [3.8, 4) is 0 Å². The first-order valence-electron chi connectivity index (χ1n) is 9.25. The van der Waals surface area contributed by atoms with Crippen molar-refractivity contribution in [2.75, 3.05) is 48.8 Å². The second-order valence-corrected chi connectivity index (χ2v) is 6.91. The number of pyridine rings is 1. The molecule has 1 aliphatic heterocycles. The number of aromatic nitrogens is 1. The highest BCUT2D eigenvalue weighted by Gasteiger charge is 2.14. The number of rotatable bonds is 3. The van der Waals surface area contributed by atoms with E-state index < -0.39 is 5.82 Å². The Labute approximate surface area is 163 Å². The molecule has 2 N–H and O–H groups in total. The second-order valence-electron chi connectivity index (χ2n) is 6.91. The summed E-state index contributed by atoms with van der Waals surface area (Å²) in [5.41, 5.74) is 2.59. The molecule has 6 nitrogen and oxygen atoms in total. The number of carbonyl (C=O) groups is 1. The summed E-state index contributed by atoms with van der Waals surface area (Å²) < 4.78 is 13.9. The minimum Gasteiger partial charge on any atom is -0.369 e. The van der Waals surface area contributed by atoms with Crippen molar-refractivity contribution >= 4 is 34.0 Å². The summed E-state index contributed by atoms with van der Waals surface area (Å²) >= 11 is 0. The van der Waals surface area contributed by atoms with Gasteiger partial charge in [0.15, 0.2) is 0 Å². The highest BCUT2D eigenvalue weighted by molar-refractivity contribution is 6.05. The average Bonchev–Trinajstić information content (AvgIpc) is 2.70. The summed E-state index contributed by atoms with van der Waals surface area (Å²) in [6.45, 7) is 4.08. The van der Waals surface area contributed by atoms with Crippen LogP contribution >= 0.6 is 0 Å². The number of amides is 2. The van der Waals surface area contributed by atoms with Gasteiger partial charge in [-0.25, -0.2) is 9.18 Å². The lowest BCUT2D eigenvalue weighted by Crippen LogP contribution is -2.44. The van der Waals surface area contributed by atoms with Crippen molar-refractivity contribution in [3.05, 3.63) is 60.5 Å². The predicted octanol–water partition coefficient (Wildman–Crippen LogP) is 3.77. The Kier molecular flexibility index (Phi) is 5.08. The minimum absolute atomic E-state index is 0.233. The van der Waals surface area contributed by atoms with Crippen LogP contribution in [0, 0.1) is 5.82 Å². The van der Waals surface area contributed by atoms with E-state index in [9.17, 15) is 9.18 Å². The molecule has 7 heteroatoms. The zero-order chi connectivity index (χ0) is 19.5. The second kappa shape index (κ2) is 7.82. The van der Waals surface area contributed by atoms with Crippen LogP contribution in [0.1, 0.15) is 0 Å². The minimum atomic E-state index is -0.416. The normalized spacial score (nSPS) is 14.9. The molecule has 4 rings (SSSR count). The van der Waals surface area contributed by atoms with Crippen LogP contribution in [-0.4, -0.2) is 49.1 Å². The first kappa shape index (κ1) is 18.2. The molecule has 2 amide bonds. The summed E-state index contributed by atoms with van der Waals surface area (Å²) in [6.07, 6.45) is 1.48. The molecule has 28 heavy (non-hydrogen) atoms. The average molecular weight is 379 g/mol. The first-order valence-corrected chi connectivity index (χ1v) is 9.25. The molecule has 0 aliphatic carbocycles. The molecule has 1 saturated heterocycles. The molecule has 2 aromatic carbocycles. The Morgan fingerprint density at radius 3 is 2.50 bits per heavy atom. The van der Waals surface area contributed by atoms with Crippen LogP contribution in [0.3, 0.4) is 0 Å². The van der Waals surface area contributed by atoms with Crippen LogP contribution in [0.5, 0.6) is 0 Å². The van der Waals surface area contributed by atoms with Gasteiger partial charge in [0.1, 0.15) is 11.3 Å². The van der Waals surface area contributed by atoms with E-state index in [0.717, 1.165) is 31.9 Å². The SMILES string of the molecule is CN1CCN(c2ccc(NC(=O)Nc3ccnc4c(F)cccc34)cc2)CC1. The van der Waals surface area contributed by atoms with Gasteiger partial charge >= 0.3 is 6.03 Å². The van der Waals surface area contributed by atoms with Crippen LogP contribution in [0.15, 0.2) is 54.7 Å². The van der Waals surface area contributed by atoms with Gasteiger partial charge in [-0.3, -0.25) is 4.98 Å². The van der Waals surface area contributed by atoms with E-state index in [1.54, 1.807) is 18.2 Å². The van der Waals surface area contributed by atoms with Gasteiger partial charge in [0.2, 0.25) is 0 Å². The first-order chi connectivity index (χ1) is 13.6. The van der Waals surface area contributed by atoms with Crippen molar-refractivity contribution in [1.82, 2.24) is 9.88 Å². The molecule has 1 aliphatic rings. The van der Waals surface area contributed by atoms with Gasteiger partial charge in [0.05, 0.1) is 5.69 Å². The molecule has 0 atom stereocenters. The number of urea groups is 1. The van der Waals surface area contributed by atoms with Gasteiger partial charge in [0, 0.05) is 49.1 Å². The number of nitrogens with one attached hydrogen (secondary N) is 2. The van der Waals surface area contributed by atoms with Crippen LogP contribution < -0.4 is 15.5 Å². The highest BCUT2D eigenvalue weighted by Crippen LogP contribution is 2.24. The van der Waals surface area contributed by atoms with E-state index in [4.69, 9.17) is 0 Å². The van der Waals surface area contributed by atoms with Crippen LogP contribution in [0.25, 0.3) is 10.9 Å². The Bertz CT molecular complexity index is 984. The molecule has 0 bridgehead atoms. The maximum absolute atomic E-state index is 13.9. The third-order valence-corrected chi connectivity index (χ3v) is 4.96.